The Morgan fingerprint density at radius 3 is 3.00 bits per heavy atom. The number of nitrogens with zero attached hydrogens (tertiary/aromatic N) is 2. The maximum absolute atomic E-state index is 4.23. The molecular weight excluding hydrogens is 248 g/mol. The third-order valence-electron chi connectivity index (χ3n) is 2.97. The minimum Gasteiger partial charge on any atom is -0.339 e. The number of hydrogen-bond donors (Lipinski definition) is 2. The molecule has 1 aliphatic rings. The van der Waals surface area contributed by atoms with Gasteiger partial charge in [0.25, 0.3) is 0 Å². The second kappa shape index (κ2) is 5.80. The Labute approximate surface area is 112 Å². The first kappa shape index (κ1) is 12.8. The van der Waals surface area contributed by atoms with Crippen molar-refractivity contribution in [2.75, 3.05) is 11.9 Å². The lowest BCUT2D eigenvalue weighted by molar-refractivity contribution is 0.645. The van der Waals surface area contributed by atoms with Crippen molar-refractivity contribution >= 4 is 23.9 Å². The number of anilines is 2. The van der Waals surface area contributed by atoms with E-state index in [0.717, 1.165) is 31.0 Å². The van der Waals surface area contributed by atoms with Crippen LogP contribution in [0.2, 0.25) is 0 Å². The Balaban J connectivity index is 0.00000120. The quantitative estimate of drug-likeness (QED) is 0.872. The Hall–Kier alpha value is -1.65. The van der Waals surface area contributed by atoms with E-state index in [4.69, 9.17) is 0 Å². The molecule has 3 rings (SSSR count). The highest BCUT2D eigenvalue weighted by molar-refractivity contribution is 5.85. The summed E-state index contributed by atoms with van der Waals surface area (Å²) in [4.78, 5) is 8.28. The summed E-state index contributed by atoms with van der Waals surface area (Å²) in [5.41, 5.74) is 3.87. The monoisotopic (exact) mass is 262 g/mol. The van der Waals surface area contributed by atoms with Crippen LogP contribution in [0.5, 0.6) is 0 Å². The zero-order valence-corrected chi connectivity index (χ0v) is 10.7. The normalized spacial score (nSPS) is 13.3. The molecule has 1 aliphatic heterocycles. The number of halogens is 1. The van der Waals surface area contributed by atoms with Crippen LogP contribution in [0.3, 0.4) is 0 Å². The lowest BCUT2D eigenvalue weighted by Gasteiger charge is -2.20. The molecule has 1 aromatic carbocycles. The fraction of sp³-hybridized carbons (Fsp3) is 0.231. The van der Waals surface area contributed by atoms with E-state index in [9.17, 15) is 0 Å². The summed E-state index contributed by atoms with van der Waals surface area (Å²) in [5.74, 6) is 0.784. The van der Waals surface area contributed by atoms with Gasteiger partial charge in [-0.1, -0.05) is 12.1 Å². The van der Waals surface area contributed by atoms with Crippen LogP contribution < -0.4 is 10.6 Å². The van der Waals surface area contributed by atoms with Crippen molar-refractivity contribution in [2.45, 2.75) is 13.0 Å². The molecule has 2 aromatic rings. The molecule has 0 aliphatic carbocycles. The molecule has 0 saturated heterocycles. The Morgan fingerprint density at radius 2 is 2.17 bits per heavy atom. The third kappa shape index (κ3) is 2.60. The number of rotatable bonds is 2. The smallest absolute Gasteiger partial charge is 0.148 e. The van der Waals surface area contributed by atoms with Gasteiger partial charge in [0.2, 0.25) is 0 Å². The first-order valence-corrected chi connectivity index (χ1v) is 5.78. The number of fused-ring (bicyclic) bond motifs is 1. The maximum atomic E-state index is 4.23. The highest BCUT2D eigenvalue weighted by Crippen LogP contribution is 2.24. The third-order valence-corrected chi connectivity index (χ3v) is 2.97. The average Bonchev–Trinajstić information content (AvgIpc) is 2.40. The molecule has 0 unspecified atom stereocenters. The molecule has 0 bridgehead atoms. The van der Waals surface area contributed by atoms with Crippen molar-refractivity contribution in [1.29, 1.82) is 0 Å². The summed E-state index contributed by atoms with van der Waals surface area (Å²) in [6.45, 7) is 1.97. The van der Waals surface area contributed by atoms with Crippen LogP contribution in [-0.2, 0) is 13.0 Å². The van der Waals surface area contributed by atoms with Gasteiger partial charge in [0.1, 0.15) is 5.82 Å². The lowest BCUT2D eigenvalue weighted by atomic mass is 9.99. The molecule has 18 heavy (non-hydrogen) atoms. The van der Waals surface area contributed by atoms with Gasteiger partial charge >= 0.3 is 0 Å². The molecule has 2 heterocycles. The topological polar surface area (TPSA) is 49.8 Å². The summed E-state index contributed by atoms with van der Waals surface area (Å²) in [5, 5.41) is 6.71. The van der Waals surface area contributed by atoms with Crippen LogP contribution in [0, 0.1) is 0 Å². The number of benzene rings is 1. The average molecular weight is 263 g/mol. The van der Waals surface area contributed by atoms with E-state index < -0.39 is 0 Å². The van der Waals surface area contributed by atoms with Gasteiger partial charge < -0.3 is 10.6 Å². The van der Waals surface area contributed by atoms with E-state index in [-0.39, 0.29) is 12.4 Å². The number of hydrogen-bond acceptors (Lipinski definition) is 4. The summed E-state index contributed by atoms with van der Waals surface area (Å²) >= 11 is 0. The van der Waals surface area contributed by atoms with Crippen molar-refractivity contribution in [1.82, 2.24) is 15.3 Å². The fourth-order valence-corrected chi connectivity index (χ4v) is 2.13. The Morgan fingerprint density at radius 1 is 1.22 bits per heavy atom. The van der Waals surface area contributed by atoms with Gasteiger partial charge in [-0.15, -0.1) is 12.4 Å². The Bertz CT molecular complexity index is 516. The van der Waals surface area contributed by atoms with Crippen LogP contribution in [0.4, 0.5) is 11.5 Å². The zero-order chi connectivity index (χ0) is 11.5. The van der Waals surface area contributed by atoms with Gasteiger partial charge in [-0.05, 0) is 30.2 Å². The van der Waals surface area contributed by atoms with E-state index in [1.54, 1.807) is 18.6 Å². The van der Waals surface area contributed by atoms with Gasteiger partial charge in [-0.25, -0.2) is 4.98 Å². The summed E-state index contributed by atoms with van der Waals surface area (Å²) in [6, 6.07) is 6.36. The van der Waals surface area contributed by atoms with Crippen LogP contribution >= 0.6 is 12.4 Å². The van der Waals surface area contributed by atoms with Gasteiger partial charge in [0.15, 0.2) is 0 Å². The largest absolute Gasteiger partial charge is 0.339 e. The molecular formula is C13H15ClN4. The molecule has 0 spiro atoms. The highest BCUT2D eigenvalue weighted by atomic mass is 35.5. The van der Waals surface area contributed by atoms with Gasteiger partial charge in [0.05, 0.1) is 6.20 Å². The molecule has 0 saturated carbocycles. The van der Waals surface area contributed by atoms with Crippen molar-refractivity contribution in [2.24, 2.45) is 0 Å². The van der Waals surface area contributed by atoms with Crippen LogP contribution in [0.1, 0.15) is 11.1 Å². The van der Waals surface area contributed by atoms with Crippen LogP contribution in [-0.4, -0.2) is 16.5 Å². The van der Waals surface area contributed by atoms with Gasteiger partial charge in [-0.3, -0.25) is 4.98 Å². The van der Waals surface area contributed by atoms with E-state index >= 15 is 0 Å². The SMILES string of the molecule is Cl.c1cc2c(c(Nc3cnccn3)c1)CNCC2. The molecule has 5 heteroatoms. The van der Waals surface area contributed by atoms with Crippen molar-refractivity contribution in [3.63, 3.8) is 0 Å². The maximum Gasteiger partial charge on any atom is 0.148 e. The highest BCUT2D eigenvalue weighted by Gasteiger charge is 2.12. The first-order chi connectivity index (χ1) is 8.43. The van der Waals surface area contributed by atoms with E-state index in [0.29, 0.717) is 0 Å². The van der Waals surface area contributed by atoms with Crippen molar-refractivity contribution < 1.29 is 0 Å². The second-order valence-electron chi connectivity index (χ2n) is 4.09. The molecule has 0 fully saturated rings. The second-order valence-corrected chi connectivity index (χ2v) is 4.09. The van der Waals surface area contributed by atoms with E-state index in [2.05, 4.69) is 38.8 Å². The van der Waals surface area contributed by atoms with Gasteiger partial charge in [0, 0.05) is 24.6 Å². The van der Waals surface area contributed by atoms with Crippen LogP contribution in [0.25, 0.3) is 0 Å². The minimum atomic E-state index is 0. The molecule has 0 atom stereocenters. The summed E-state index contributed by atoms with van der Waals surface area (Å²) in [6.07, 6.45) is 6.18. The molecule has 4 nitrogen and oxygen atoms in total. The molecule has 0 radical (unpaired) electrons. The number of aromatic nitrogens is 2. The predicted molar refractivity (Wildman–Crippen MR) is 74.4 cm³/mol. The molecule has 94 valence electrons. The van der Waals surface area contributed by atoms with E-state index in [1.165, 1.54) is 11.1 Å². The predicted octanol–water partition coefficient (Wildman–Crippen LogP) is 2.29. The standard InChI is InChI=1S/C13H14N4.ClH/c1-2-10-4-5-14-8-11(10)12(3-1)17-13-9-15-6-7-16-13;/h1-3,6-7,9,14H,4-5,8H2,(H,16,17);1H. The van der Waals surface area contributed by atoms with Crippen molar-refractivity contribution in [3.05, 3.63) is 47.9 Å². The Kier molecular flexibility index (Phi) is 4.12. The number of nitrogens with one attached hydrogen (secondary N) is 2. The summed E-state index contributed by atoms with van der Waals surface area (Å²) in [7, 11) is 0. The minimum absolute atomic E-state index is 0. The molecule has 1 aromatic heterocycles. The summed E-state index contributed by atoms with van der Waals surface area (Å²) < 4.78 is 0. The van der Waals surface area contributed by atoms with Crippen molar-refractivity contribution in [3.8, 4) is 0 Å². The zero-order valence-electron chi connectivity index (χ0n) is 9.89. The van der Waals surface area contributed by atoms with Gasteiger partial charge in [-0.2, -0.15) is 0 Å². The lowest BCUT2D eigenvalue weighted by Crippen LogP contribution is -2.24. The molecule has 2 N–H and O–H groups in total. The molecule has 0 amide bonds. The van der Waals surface area contributed by atoms with Crippen LogP contribution in [0.15, 0.2) is 36.8 Å². The first-order valence-electron chi connectivity index (χ1n) is 5.78. The fourth-order valence-electron chi connectivity index (χ4n) is 2.13. The van der Waals surface area contributed by atoms with E-state index in [1.807, 2.05) is 0 Å².